The van der Waals surface area contributed by atoms with E-state index in [-0.39, 0.29) is 5.97 Å². The third kappa shape index (κ3) is 6.64. The number of carbonyl (C=O) groups excluding carboxylic acids is 1. The van der Waals surface area contributed by atoms with E-state index in [2.05, 4.69) is 22.6 Å². The second-order valence-corrected chi connectivity index (χ2v) is 6.21. The largest absolute Gasteiger partial charge is 0.426 e. The van der Waals surface area contributed by atoms with Crippen molar-refractivity contribution in [2.24, 2.45) is 0 Å². The molecular weight excluding hydrogens is 359 g/mol. The predicted octanol–water partition coefficient (Wildman–Crippen LogP) is 4.70. The zero-order chi connectivity index (χ0) is 13.2. The van der Waals surface area contributed by atoms with Crippen LogP contribution in [0.3, 0.4) is 0 Å². The van der Waals surface area contributed by atoms with E-state index in [1.165, 1.54) is 37.0 Å². The van der Waals surface area contributed by atoms with Crippen LogP contribution in [-0.4, -0.2) is 16.1 Å². The van der Waals surface area contributed by atoms with E-state index in [1.54, 1.807) is 11.8 Å². The Morgan fingerprint density at radius 1 is 1.22 bits per heavy atom. The molecule has 0 bridgehead atoms. The SMILES string of the molecule is CC(=O)Oc1ccccc1SCCCCCCI. The number of hydrogen-bond donors (Lipinski definition) is 0. The fraction of sp³-hybridized carbons (Fsp3) is 0.500. The summed E-state index contributed by atoms with van der Waals surface area (Å²) in [7, 11) is 0. The first-order valence-corrected chi connectivity index (χ1v) is 8.71. The lowest BCUT2D eigenvalue weighted by atomic mass is 10.2. The summed E-state index contributed by atoms with van der Waals surface area (Å²) in [5.41, 5.74) is 0. The van der Waals surface area contributed by atoms with Crippen molar-refractivity contribution in [2.75, 3.05) is 10.2 Å². The number of unbranched alkanes of at least 4 members (excludes halogenated alkanes) is 3. The zero-order valence-corrected chi connectivity index (χ0v) is 13.6. The summed E-state index contributed by atoms with van der Waals surface area (Å²) in [6.07, 6.45) is 5.13. The van der Waals surface area contributed by atoms with Crippen molar-refractivity contribution in [3.63, 3.8) is 0 Å². The van der Waals surface area contributed by atoms with Crippen molar-refractivity contribution in [3.05, 3.63) is 24.3 Å². The van der Waals surface area contributed by atoms with Gasteiger partial charge >= 0.3 is 5.97 Å². The van der Waals surface area contributed by atoms with Gasteiger partial charge in [-0.15, -0.1) is 11.8 Å². The molecule has 0 aliphatic carbocycles. The van der Waals surface area contributed by atoms with Crippen LogP contribution in [0.25, 0.3) is 0 Å². The van der Waals surface area contributed by atoms with E-state index in [9.17, 15) is 4.79 Å². The second kappa shape index (κ2) is 9.67. The van der Waals surface area contributed by atoms with E-state index in [1.807, 2.05) is 24.3 Å². The molecule has 0 heterocycles. The van der Waals surface area contributed by atoms with Crippen molar-refractivity contribution in [1.82, 2.24) is 0 Å². The smallest absolute Gasteiger partial charge is 0.308 e. The van der Waals surface area contributed by atoms with Gasteiger partial charge in [-0.25, -0.2) is 0 Å². The Balaban J connectivity index is 2.34. The quantitative estimate of drug-likeness (QED) is 0.164. The molecule has 0 fully saturated rings. The lowest BCUT2D eigenvalue weighted by Crippen LogP contribution is -2.02. The number of para-hydroxylation sites is 1. The van der Waals surface area contributed by atoms with Gasteiger partial charge in [0.15, 0.2) is 0 Å². The van der Waals surface area contributed by atoms with Crippen LogP contribution in [-0.2, 0) is 4.79 Å². The van der Waals surface area contributed by atoms with Crippen LogP contribution in [0.1, 0.15) is 32.6 Å². The molecule has 0 radical (unpaired) electrons. The highest BCUT2D eigenvalue weighted by atomic mass is 127. The molecule has 2 nitrogen and oxygen atoms in total. The topological polar surface area (TPSA) is 26.3 Å². The molecule has 18 heavy (non-hydrogen) atoms. The Hall–Kier alpha value is -0.230. The van der Waals surface area contributed by atoms with Gasteiger partial charge in [-0.2, -0.15) is 0 Å². The van der Waals surface area contributed by atoms with E-state index in [4.69, 9.17) is 4.74 Å². The summed E-state index contributed by atoms with van der Waals surface area (Å²) in [5.74, 6) is 1.51. The van der Waals surface area contributed by atoms with E-state index >= 15 is 0 Å². The summed E-state index contributed by atoms with van der Waals surface area (Å²) in [6.45, 7) is 1.44. The first-order valence-electron chi connectivity index (χ1n) is 6.20. The molecule has 0 saturated carbocycles. The fourth-order valence-electron chi connectivity index (χ4n) is 1.54. The lowest BCUT2D eigenvalue weighted by molar-refractivity contribution is -0.132. The first-order chi connectivity index (χ1) is 8.74. The van der Waals surface area contributed by atoms with Gasteiger partial charge in [-0.05, 0) is 35.2 Å². The molecule has 0 saturated heterocycles. The number of hydrogen-bond acceptors (Lipinski definition) is 3. The third-order valence-corrected chi connectivity index (χ3v) is 4.29. The molecule has 100 valence electrons. The summed E-state index contributed by atoms with van der Waals surface area (Å²) in [4.78, 5) is 12.0. The minimum atomic E-state index is -0.259. The number of thioether (sulfide) groups is 1. The summed E-state index contributed by atoms with van der Waals surface area (Å²) in [6, 6.07) is 7.72. The highest BCUT2D eigenvalue weighted by Gasteiger charge is 2.05. The maximum absolute atomic E-state index is 11.0. The van der Waals surface area contributed by atoms with Crippen molar-refractivity contribution in [3.8, 4) is 5.75 Å². The van der Waals surface area contributed by atoms with Crippen LogP contribution >= 0.6 is 34.4 Å². The van der Waals surface area contributed by atoms with Crippen molar-refractivity contribution in [2.45, 2.75) is 37.5 Å². The highest BCUT2D eigenvalue weighted by molar-refractivity contribution is 14.1. The standard InChI is InChI=1S/C14H19IO2S/c1-12(16)17-13-8-4-5-9-14(13)18-11-7-3-2-6-10-15/h4-5,8-9H,2-3,6-7,10-11H2,1H3. The van der Waals surface area contributed by atoms with Gasteiger partial charge in [0.05, 0.1) is 4.90 Å². The number of alkyl halides is 1. The van der Waals surface area contributed by atoms with Crippen LogP contribution in [0, 0.1) is 0 Å². The molecule has 0 atom stereocenters. The molecule has 4 heteroatoms. The summed E-state index contributed by atoms with van der Waals surface area (Å²) < 4.78 is 6.43. The number of ether oxygens (including phenoxy) is 1. The van der Waals surface area contributed by atoms with Gasteiger partial charge in [0.25, 0.3) is 0 Å². The molecule has 0 N–H and O–H groups in total. The van der Waals surface area contributed by atoms with Crippen LogP contribution in [0.15, 0.2) is 29.2 Å². The van der Waals surface area contributed by atoms with E-state index < -0.39 is 0 Å². The average Bonchev–Trinajstić information content (AvgIpc) is 2.35. The monoisotopic (exact) mass is 378 g/mol. The van der Waals surface area contributed by atoms with Crippen LogP contribution < -0.4 is 4.74 Å². The minimum Gasteiger partial charge on any atom is -0.426 e. The molecule has 0 amide bonds. The Labute approximate surface area is 127 Å². The van der Waals surface area contributed by atoms with E-state index in [0.717, 1.165) is 10.6 Å². The van der Waals surface area contributed by atoms with E-state index in [0.29, 0.717) is 5.75 Å². The molecule has 0 unspecified atom stereocenters. The number of carbonyl (C=O) groups is 1. The maximum atomic E-state index is 11.0. The molecular formula is C14H19IO2S. The van der Waals surface area contributed by atoms with Gasteiger partial charge in [0.1, 0.15) is 5.75 Å². The Bertz CT molecular complexity index is 369. The predicted molar refractivity (Wildman–Crippen MR) is 85.8 cm³/mol. The van der Waals surface area contributed by atoms with Crippen LogP contribution in [0.2, 0.25) is 0 Å². The molecule has 1 aromatic rings. The lowest BCUT2D eigenvalue weighted by Gasteiger charge is -2.08. The normalized spacial score (nSPS) is 10.3. The minimum absolute atomic E-state index is 0.259. The third-order valence-electron chi connectivity index (χ3n) is 2.39. The highest BCUT2D eigenvalue weighted by Crippen LogP contribution is 2.29. The Morgan fingerprint density at radius 2 is 1.94 bits per heavy atom. The number of halogens is 1. The number of rotatable bonds is 8. The van der Waals surface area contributed by atoms with Crippen LogP contribution in [0.4, 0.5) is 0 Å². The Kier molecular flexibility index (Phi) is 8.50. The molecule has 1 aromatic carbocycles. The molecule has 1 rings (SSSR count). The average molecular weight is 378 g/mol. The molecule has 0 aromatic heterocycles. The number of esters is 1. The van der Waals surface area contributed by atoms with Gasteiger partial charge in [0.2, 0.25) is 0 Å². The Morgan fingerprint density at radius 3 is 2.67 bits per heavy atom. The van der Waals surface area contributed by atoms with Crippen molar-refractivity contribution in [1.29, 1.82) is 0 Å². The first kappa shape index (κ1) is 15.8. The van der Waals surface area contributed by atoms with Gasteiger partial charge in [-0.3, -0.25) is 4.79 Å². The fourth-order valence-corrected chi connectivity index (χ4v) is 3.08. The van der Waals surface area contributed by atoms with Crippen LogP contribution in [0.5, 0.6) is 5.75 Å². The van der Waals surface area contributed by atoms with Crippen molar-refractivity contribution >= 4 is 40.3 Å². The maximum Gasteiger partial charge on any atom is 0.308 e. The van der Waals surface area contributed by atoms with Gasteiger partial charge < -0.3 is 4.74 Å². The zero-order valence-electron chi connectivity index (χ0n) is 10.7. The number of benzene rings is 1. The second-order valence-electron chi connectivity index (χ2n) is 3.99. The molecule has 0 spiro atoms. The van der Waals surface area contributed by atoms with Crippen molar-refractivity contribution < 1.29 is 9.53 Å². The summed E-state index contributed by atoms with van der Waals surface area (Å²) in [5, 5.41) is 0. The summed E-state index contributed by atoms with van der Waals surface area (Å²) >= 11 is 4.19. The van der Waals surface area contributed by atoms with Gasteiger partial charge in [-0.1, -0.05) is 47.6 Å². The van der Waals surface area contributed by atoms with Gasteiger partial charge in [0, 0.05) is 6.92 Å². The molecule has 0 aliphatic heterocycles. The molecule has 0 aliphatic rings.